The number of pyridine rings is 1. The Bertz CT molecular complexity index is 415. The van der Waals surface area contributed by atoms with E-state index >= 15 is 0 Å². The van der Waals surface area contributed by atoms with Crippen molar-refractivity contribution in [1.82, 2.24) is 4.98 Å². The van der Waals surface area contributed by atoms with E-state index in [0.717, 1.165) is 17.7 Å². The number of nitrogens with two attached hydrogens (primary N) is 1. The first kappa shape index (κ1) is 14.3. The Morgan fingerprint density at radius 2 is 2.11 bits per heavy atom. The van der Waals surface area contributed by atoms with Crippen LogP contribution in [0.2, 0.25) is 0 Å². The van der Waals surface area contributed by atoms with Gasteiger partial charge in [-0.15, -0.1) is 0 Å². The molecule has 0 atom stereocenters. The molecule has 106 valence electrons. The van der Waals surface area contributed by atoms with Crippen LogP contribution in [0.25, 0.3) is 0 Å². The lowest BCUT2D eigenvalue weighted by molar-refractivity contribution is 0.0732. The van der Waals surface area contributed by atoms with Crippen molar-refractivity contribution in [3.63, 3.8) is 0 Å². The summed E-state index contributed by atoms with van der Waals surface area (Å²) >= 11 is 0. The van der Waals surface area contributed by atoms with Crippen LogP contribution in [-0.4, -0.2) is 16.7 Å². The van der Waals surface area contributed by atoms with Crippen LogP contribution in [0.4, 0.5) is 0 Å². The zero-order valence-corrected chi connectivity index (χ0v) is 11.7. The average molecular weight is 264 g/mol. The second-order valence-electron chi connectivity index (χ2n) is 5.42. The fourth-order valence-electron chi connectivity index (χ4n) is 2.73. The van der Waals surface area contributed by atoms with E-state index in [2.05, 4.69) is 4.98 Å². The normalized spacial score (nSPS) is 16.7. The number of aromatic nitrogens is 1. The fraction of sp³-hybridized carbons (Fsp3) is 0.667. The van der Waals surface area contributed by atoms with Gasteiger partial charge in [-0.3, -0.25) is 4.98 Å². The first-order valence-electron chi connectivity index (χ1n) is 7.16. The smallest absolute Gasteiger partial charge is 0.141 e. The van der Waals surface area contributed by atoms with Gasteiger partial charge in [-0.1, -0.05) is 19.3 Å². The molecule has 1 aliphatic rings. The zero-order chi connectivity index (χ0) is 13.7. The van der Waals surface area contributed by atoms with Crippen LogP contribution in [0.5, 0.6) is 5.75 Å². The molecule has 1 saturated carbocycles. The maximum atomic E-state index is 9.93. The molecule has 1 fully saturated rings. The van der Waals surface area contributed by atoms with E-state index in [4.69, 9.17) is 10.5 Å². The van der Waals surface area contributed by atoms with Crippen molar-refractivity contribution in [2.45, 2.75) is 52.2 Å². The maximum Gasteiger partial charge on any atom is 0.141 e. The molecule has 0 radical (unpaired) electrons. The van der Waals surface area contributed by atoms with Gasteiger partial charge < -0.3 is 15.6 Å². The van der Waals surface area contributed by atoms with Gasteiger partial charge in [-0.05, 0) is 25.7 Å². The van der Waals surface area contributed by atoms with E-state index in [1.165, 1.54) is 32.1 Å². The van der Waals surface area contributed by atoms with Gasteiger partial charge in [0.2, 0.25) is 0 Å². The van der Waals surface area contributed by atoms with Gasteiger partial charge in [0.15, 0.2) is 0 Å². The van der Waals surface area contributed by atoms with Gasteiger partial charge in [-0.25, -0.2) is 0 Å². The molecular formula is C15H24N2O2. The van der Waals surface area contributed by atoms with Crippen LogP contribution in [0.3, 0.4) is 0 Å². The van der Waals surface area contributed by atoms with Gasteiger partial charge in [0.1, 0.15) is 5.75 Å². The lowest BCUT2D eigenvalue weighted by Crippen LogP contribution is -2.14. The predicted octanol–water partition coefficient (Wildman–Crippen LogP) is 2.65. The van der Waals surface area contributed by atoms with Crippen molar-refractivity contribution in [3.05, 3.63) is 23.0 Å². The number of ether oxygens (including phenoxy) is 1. The van der Waals surface area contributed by atoms with Gasteiger partial charge in [0.25, 0.3) is 0 Å². The van der Waals surface area contributed by atoms with Crippen LogP contribution >= 0.6 is 0 Å². The standard InChI is InChI=1S/C15H24N2O2/c1-11-15(18)14(7-16)13(8-17-11)10-19-9-12-5-3-2-4-6-12/h8,12,18H,2-7,9-10,16H2,1H3. The van der Waals surface area contributed by atoms with Crippen LogP contribution in [0.15, 0.2) is 6.20 Å². The highest BCUT2D eigenvalue weighted by molar-refractivity contribution is 5.40. The molecule has 1 aliphatic carbocycles. The molecule has 1 aromatic heterocycles. The quantitative estimate of drug-likeness (QED) is 0.858. The molecule has 0 unspecified atom stereocenters. The average Bonchev–Trinajstić information content (AvgIpc) is 2.44. The third-order valence-electron chi connectivity index (χ3n) is 3.97. The highest BCUT2D eigenvalue weighted by atomic mass is 16.5. The van der Waals surface area contributed by atoms with Crippen molar-refractivity contribution >= 4 is 0 Å². The Morgan fingerprint density at radius 1 is 1.37 bits per heavy atom. The van der Waals surface area contributed by atoms with E-state index in [1.807, 2.05) is 0 Å². The summed E-state index contributed by atoms with van der Waals surface area (Å²) in [5.74, 6) is 0.906. The molecule has 0 aromatic carbocycles. The number of hydrogen-bond donors (Lipinski definition) is 2. The van der Waals surface area contributed by atoms with Crippen LogP contribution in [0.1, 0.15) is 48.9 Å². The van der Waals surface area contributed by atoms with E-state index in [9.17, 15) is 5.11 Å². The lowest BCUT2D eigenvalue weighted by atomic mass is 9.90. The van der Waals surface area contributed by atoms with Crippen molar-refractivity contribution in [3.8, 4) is 5.75 Å². The van der Waals surface area contributed by atoms with E-state index < -0.39 is 0 Å². The van der Waals surface area contributed by atoms with E-state index in [1.54, 1.807) is 13.1 Å². The Labute approximate surface area is 115 Å². The van der Waals surface area contributed by atoms with Crippen LogP contribution < -0.4 is 5.73 Å². The molecule has 4 nitrogen and oxygen atoms in total. The second-order valence-corrected chi connectivity index (χ2v) is 5.42. The minimum atomic E-state index is 0.210. The second kappa shape index (κ2) is 6.87. The fourth-order valence-corrected chi connectivity index (χ4v) is 2.73. The van der Waals surface area contributed by atoms with Gasteiger partial charge in [0, 0.05) is 30.5 Å². The van der Waals surface area contributed by atoms with Crippen LogP contribution in [-0.2, 0) is 17.9 Å². The third-order valence-corrected chi connectivity index (χ3v) is 3.97. The molecule has 0 bridgehead atoms. The summed E-state index contributed by atoms with van der Waals surface area (Å²) in [7, 11) is 0. The molecule has 1 heterocycles. The predicted molar refractivity (Wildman–Crippen MR) is 74.8 cm³/mol. The molecule has 4 heteroatoms. The van der Waals surface area contributed by atoms with Crippen molar-refractivity contribution < 1.29 is 9.84 Å². The Balaban J connectivity index is 1.90. The Kier molecular flexibility index (Phi) is 5.16. The molecule has 0 saturated heterocycles. The van der Waals surface area contributed by atoms with Gasteiger partial charge >= 0.3 is 0 Å². The number of aryl methyl sites for hydroxylation is 1. The third kappa shape index (κ3) is 3.67. The number of hydrogen-bond acceptors (Lipinski definition) is 4. The molecule has 3 N–H and O–H groups in total. The minimum Gasteiger partial charge on any atom is -0.506 e. The zero-order valence-electron chi connectivity index (χ0n) is 11.7. The SMILES string of the molecule is Cc1ncc(COCC2CCCCC2)c(CN)c1O. The molecular weight excluding hydrogens is 240 g/mol. The molecule has 2 rings (SSSR count). The highest BCUT2D eigenvalue weighted by Crippen LogP contribution is 2.26. The summed E-state index contributed by atoms with van der Waals surface area (Å²) in [5.41, 5.74) is 7.98. The van der Waals surface area contributed by atoms with Crippen molar-refractivity contribution in [2.75, 3.05) is 6.61 Å². The summed E-state index contributed by atoms with van der Waals surface area (Å²) in [4.78, 5) is 4.17. The molecule has 0 amide bonds. The summed E-state index contributed by atoms with van der Waals surface area (Å²) < 4.78 is 5.79. The summed E-state index contributed by atoms with van der Waals surface area (Å²) in [5, 5.41) is 9.93. The van der Waals surface area contributed by atoms with E-state index in [0.29, 0.717) is 24.8 Å². The van der Waals surface area contributed by atoms with E-state index in [-0.39, 0.29) is 5.75 Å². The first-order valence-corrected chi connectivity index (χ1v) is 7.16. The highest BCUT2D eigenvalue weighted by Gasteiger charge is 2.15. The summed E-state index contributed by atoms with van der Waals surface area (Å²) in [6.07, 6.45) is 8.34. The largest absolute Gasteiger partial charge is 0.506 e. The molecule has 19 heavy (non-hydrogen) atoms. The number of rotatable bonds is 5. The topological polar surface area (TPSA) is 68.4 Å². The Morgan fingerprint density at radius 3 is 2.79 bits per heavy atom. The van der Waals surface area contributed by atoms with Gasteiger partial charge in [-0.2, -0.15) is 0 Å². The summed E-state index contributed by atoms with van der Waals surface area (Å²) in [6.45, 7) is 3.39. The maximum absolute atomic E-state index is 9.93. The lowest BCUT2D eigenvalue weighted by Gasteiger charge is -2.21. The van der Waals surface area contributed by atoms with Gasteiger partial charge in [0.05, 0.1) is 12.3 Å². The Hall–Kier alpha value is -1.13. The first-order chi connectivity index (χ1) is 9.22. The van der Waals surface area contributed by atoms with Crippen molar-refractivity contribution in [1.29, 1.82) is 0 Å². The van der Waals surface area contributed by atoms with Crippen LogP contribution in [0, 0.1) is 12.8 Å². The summed E-state index contributed by atoms with van der Waals surface area (Å²) in [6, 6.07) is 0. The minimum absolute atomic E-state index is 0.210. The monoisotopic (exact) mass is 264 g/mol. The molecule has 1 aromatic rings. The molecule has 0 aliphatic heterocycles. The number of aromatic hydroxyl groups is 1. The van der Waals surface area contributed by atoms with Crippen molar-refractivity contribution in [2.24, 2.45) is 11.7 Å². The molecule has 0 spiro atoms. The number of nitrogens with zero attached hydrogens (tertiary/aromatic N) is 1.